The Balaban J connectivity index is 1.77. The Bertz CT molecular complexity index is 588. The van der Waals surface area contributed by atoms with Crippen molar-refractivity contribution in [3.63, 3.8) is 0 Å². The first-order chi connectivity index (χ1) is 15.5. The molecular weight excluding hydrogens is 422 g/mol. The van der Waals surface area contributed by atoms with Gasteiger partial charge in [0.05, 0.1) is 52.7 Å². The van der Waals surface area contributed by atoms with Gasteiger partial charge in [-0.25, -0.2) is 0 Å². The Morgan fingerprint density at radius 1 is 0.656 bits per heavy atom. The van der Waals surface area contributed by atoms with Crippen LogP contribution in [0.4, 0.5) is 0 Å². The molecule has 10 heteroatoms. The van der Waals surface area contributed by atoms with Gasteiger partial charge in [0.1, 0.15) is 5.78 Å². The zero-order chi connectivity index (χ0) is 23.4. The highest BCUT2D eigenvalue weighted by Gasteiger charge is 2.22. The van der Waals surface area contributed by atoms with Gasteiger partial charge in [0.25, 0.3) is 11.8 Å². The molecule has 0 aromatic heterocycles. The quantitative estimate of drug-likeness (QED) is 0.189. The number of carboxylic acid groups (broad SMARTS) is 1. The molecule has 0 aromatic carbocycles. The summed E-state index contributed by atoms with van der Waals surface area (Å²) in [5, 5.41) is 8.45. The van der Waals surface area contributed by atoms with Gasteiger partial charge in [-0.3, -0.25) is 24.1 Å². The number of carbonyl (C=O) groups excluding carboxylic acids is 3. The standard InChI is InChI=1S/C22H35NO9/c24-19(5-2-1-3-10-23-20(25)7-8-21(23)26)6-4-11-29-13-15-31-17-18-32-16-14-30-12-9-22(27)28/h7-8H,1-6,9-18H2,(H,27,28). The first-order valence-electron chi connectivity index (χ1n) is 11.1. The molecule has 0 radical (unpaired) electrons. The summed E-state index contributed by atoms with van der Waals surface area (Å²) in [5.41, 5.74) is 0. The van der Waals surface area contributed by atoms with Crippen molar-refractivity contribution in [3.8, 4) is 0 Å². The number of ether oxygens (including phenoxy) is 4. The van der Waals surface area contributed by atoms with Crippen molar-refractivity contribution in [1.29, 1.82) is 0 Å². The van der Waals surface area contributed by atoms with E-state index in [2.05, 4.69) is 0 Å². The average Bonchev–Trinajstić information content (AvgIpc) is 3.08. The van der Waals surface area contributed by atoms with E-state index in [4.69, 9.17) is 24.1 Å². The predicted octanol–water partition coefficient (Wildman–Crippen LogP) is 1.36. The van der Waals surface area contributed by atoms with Crippen molar-refractivity contribution in [2.75, 3.05) is 59.4 Å². The highest BCUT2D eigenvalue weighted by molar-refractivity contribution is 6.12. The molecule has 1 rings (SSSR count). The molecule has 0 aliphatic carbocycles. The molecule has 0 spiro atoms. The van der Waals surface area contributed by atoms with Crippen molar-refractivity contribution in [3.05, 3.63) is 12.2 Å². The van der Waals surface area contributed by atoms with Gasteiger partial charge in [-0.2, -0.15) is 0 Å². The van der Waals surface area contributed by atoms with Crippen LogP contribution in [0.3, 0.4) is 0 Å². The Hall–Kier alpha value is -2.14. The largest absolute Gasteiger partial charge is 0.481 e. The first-order valence-corrected chi connectivity index (χ1v) is 11.1. The Morgan fingerprint density at radius 2 is 1.16 bits per heavy atom. The summed E-state index contributed by atoms with van der Waals surface area (Å²) in [4.78, 5) is 46.2. The average molecular weight is 458 g/mol. The Labute approximate surface area is 188 Å². The van der Waals surface area contributed by atoms with Crippen molar-refractivity contribution in [2.45, 2.75) is 44.9 Å². The summed E-state index contributed by atoms with van der Waals surface area (Å²) < 4.78 is 21.2. The fourth-order valence-corrected chi connectivity index (χ4v) is 2.84. The summed E-state index contributed by atoms with van der Waals surface area (Å²) in [7, 11) is 0. The molecular formula is C22H35NO9. The van der Waals surface area contributed by atoms with Crippen LogP contribution in [0.1, 0.15) is 44.9 Å². The minimum absolute atomic E-state index is 0.0113. The lowest BCUT2D eigenvalue weighted by molar-refractivity contribution is -0.139. The lowest BCUT2D eigenvalue weighted by Crippen LogP contribution is -2.30. The number of hydrogen-bond donors (Lipinski definition) is 1. The van der Waals surface area contributed by atoms with Crippen LogP contribution in [0.25, 0.3) is 0 Å². The molecule has 1 N–H and O–H groups in total. The molecule has 1 aliphatic rings. The van der Waals surface area contributed by atoms with E-state index in [1.807, 2.05) is 0 Å². The first kappa shape index (κ1) is 27.9. The van der Waals surface area contributed by atoms with E-state index in [0.29, 0.717) is 78.5 Å². The van der Waals surface area contributed by atoms with Crippen LogP contribution >= 0.6 is 0 Å². The highest BCUT2D eigenvalue weighted by Crippen LogP contribution is 2.09. The topological polar surface area (TPSA) is 129 Å². The molecule has 0 atom stereocenters. The zero-order valence-electron chi connectivity index (χ0n) is 18.6. The fraction of sp³-hybridized carbons (Fsp3) is 0.727. The van der Waals surface area contributed by atoms with Crippen molar-refractivity contribution >= 4 is 23.6 Å². The summed E-state index contributed by atoms with van der Waals surface area (Å²) in [5.74, 6) is -1.21. The Kier molecular flexibility index (Phi) is 16.1. The highest BCUT2D eigenvalue weighted by atomic mass is 16.6. The number of rotatable bonds is 22. The molecule has 0 unspecified atom stereocenters. The number of hydrogen-bond acceptors (Lipinski definition) is 8. The van der Waals surface area contributed by atoms with Gasteiger partial charge in [0, 0.05) is 38.1 Å². The van der Waals surface area contributed by atoms with Gasteiger partial charge in [0.15, 0.2) is 0 Å². The van der Waals surface area contributed by atoms with Gasteiger partial charge in [-0.15, -0.1) is 0 Å². The number of unbranched alkanes of at least 4 members (excludes halogenated alkanes) is 2. The molecule has 0 bridgehead atoms. The van der Waals surface area contributed by atoms with E-state index in [-0.39, 0.29) is 30.6 Å². The van der Waals surface area contributed by atoms with Gasteiger partial charge in [-0.05, 0) is 19.3 Å². The third-order valence-corrected chi connectivity index (χ3v) is 4.56. The lowest BCUT2D eigenvalue weighted by atomic mass is 10.1. The molecule has 0 fully saturated rings. The number of Topliss-reactive ketones (excluding diaryl/α,β-unsaturated/α-hetero) is 1. The Morgan fingerprint density at radius 3 is 1.72 bits per heavy atom. The fourth-order valence-electron chi connectivity index (χ4n) is 2.84. The summed E-state index contributed by atoms with van der Waals surface area (Å²) in [6.45, 7) is 3.61. The second kappa shape index (κ2) is 18.4. The van der Waals surface area contributed by atoms with Crippen LogP contribution in [0, 0.1) is 0 Å². The number of carboxylic acids is 1. The predicted molar refractivity (Wildman–Crippen MR) is 114 cm³/mol. The van der Waals surface area contributed by atoms with E-state index in [0.717, 1.165) is 12.8 Å². The lowest BCUT2D eigenvalue weighted by Gasteiger charge is -2.12. The number of amides is 2. The molecule has 0 aromatic rings. The van der Waals surface area contributed by atoms with E-state index in [1.54, 1.807) is 0 Å². The van der Waals surface area contributed by atoms with Crippen molar-refractivity contribution in [2.24, 2.45) is 0 Å². The maximum Gasteiger partial charge on any atom is 0.305 e. The van der Waals surface area contributed by atoms with Crippen molar-refractivity contribution < 1.29 is 43.2 Å². The number of aliphatic carboxylic acids is 1. The number of ketones is 1. The van der Waals surface area contributed by atoms with Gasteiger partial charge < -0.3 is 24.1 Å². The zero-order valence-corrected chi connectivity index (χ0v) is 18.6. The van der Waals surface area contributed by atoms with E-state index >= 15 is 0 Å². The number of carbonyl (C=O) groups is 4. The van der Waals surface area contributed by atoms with Crippen LogP contribution in [0.2, 0.25) is 0 Å². The molecule has 32 heavy (non-hydrogen) atoms. The van der Waals surface area contributed by atoms with Crippen LogP contribution in [0.15, 0.2) is 12.2 Å². The molecule has 182 valence electrons. The van der Waals surface area contributed by atoms with Crippen molar-refractivity contribution in [1.82, 2.24) is 4.90 Å². The second-order valence-corrected chi connectivity index (χ2v) is 7.21. The molecule has 10 nitrogen and oxygen atoms in total. The van der Waals surface area contributed by atoms with Gasteiger partial charge in [0.2, 0.25) is 0 Å². The molecule has 1 heterocycles. The van der Waals surface area contributed by atoms with Crippen LogP contribution in [-0.2, 0) is 38.1 Å². The maximum absolute atomic E-state index is 11.9. The minimum Gasteiger partial charge on any atom is -0.481 e. The summed E-state index contributed by atoms with van der Waals surface area (Å²) >= 11 is 0. The van der Waals surface area contributed by atoms with E-state index in [1.165, 1.54) is 17.1 Å². The van der Waals surface area contributed by atoms with Gasteiger partial charge in [-0.1, -0.05) is 6.42 Å². The van der Waals surface area contributed by atoms with Crippen LogP contribution in [0.5, 0.6) is 0 Å². The molecule has 2 amide bonds. The molecule has 0 saturated carbocycles. The number of nitrogens with zero attached hydrogens (tertiary/aromatic N) is 1. The van der Waals surface area contributed by atoms with Gasteiger partial charge >= 0.3 is 5.97 Å². The monoisotopic (exact) mass is 457 g/mol. The normalized spacial score (nSPS) is 13.3. The number of imide groups is 1. The van der Waals surface area contributed by atoms with Crippen LogP contribution in [-0.4, -0.2) is 93.0 Å². The molecule has 1 aliphatic heterocycles. The molecule has 0 saturated heterocycles. The van der Waals surface area contributed by atoms with Crippen LogP contribution < -0.4 is 0 Å². The van der Waals surface area contributed by atoms with E-state index in [9.17, 15) is 19.2 Å². The third-order valence-electron chi connectivity index (χ3n) is 4.56. The summed E-state index contributed by atoms with van der Waals surface area (Å²) in [6, 6.07) is 0. The minimum atomic E-state index is -0.883. The maximum atomic E-state index is 11.9. The van der Waals surface area contributed by atoms with E-state index < -0.39 is 5.97 Å². The summed E-state index contributed by atoms with van der Waals surface area (Å²) in [6.07, 6.45) is 6.48. The smallest absolute Gasteiger partial charge is 0.305 e. The second-order valence-electron chi connectivity index (χ2n) is 7.21. The third kappa shape index (κ3) is 14.8. The SMILES string of the molecule is O=C(O)CCOCCOCCOCCOCCCC(=O)CCCCCN1C(=O)C=CC1=O.